The minimum absolute atomic E-state index is 0.0586. The lowest BCUT2D eigenvalue weighted by Crippen LogP contribution is -2.10. The van der Waals surface area contributed by atoms with E-state index in [2.05, 4.69) is 0 Å². The van der Waals surface area contributed by atoms with Gasteiger partial charge in [-0.1, -0.05) is 54.1 Å². The van der Waals surface area contributed by atoms with Crippen molar-refractivity contribution in [1.29, 1.82) is 5.41 Å². The summed E-state index contributed by atoms with van der Waals surface area (Å²) in [5, 5.41) is 25.6. The summed E-state index contributed by atoms with van der Waals surface area (Å²) in [6.07, 6.45) is 5.22. The molecule has 0 radical (unpaired) electrons. The van der Waals surface area contributed by atoms with Crippen LogP contribution in [0.2, 0.25) is 5.02 Å². The van der Waals surface area contributed by atoms with Crippen molar-refractivity contribution in [2.45, 2.75) is 0 Å². The molecule has 28 heavy (non-hydrogen) atoms. The molecule has 0 heterocycles. The van der Waals surface area contributed by atoms with Crippen LogP contribution in [-0.2, 0) is 0 Å². The minimum atomic E-state index is -0.563. The zero-order chi connectivity index (χ0) is 20.5. The predicted octanol–water partition coefficient (Wildman–Crippen LogP) is 4.70. The van der Waals surface area contributed by atoms with Crippen molar-refractivity contribution in [3.8, 4) is 11.5 Å². The SMILES string of the molecule is N=Cc1cccc(/C=C/c2cccc(O)c2)c1.NC(=O)c1ccc(O)c(Cl)c1. The van der Waals surface area contributed by atoms with E-state index in [1.807, 2.05) is 48.6 Å². The largest absolute Gasteiger partial charge is 0.508 e. The van der Waals surface area contributed by atoms with Crippen molar-refractivity contribution in [3.05, 3.63) is 94.0 Å². The molecular weight excluding hydrogens is 376 g/mol. The van der Waals surface area contributed by atoms with Crippen LogP contribution in [-0.4, -0.2) is 22.3 Å². The van der Waals surface area contributed by atoms with E-state index in [1.165, 1.54) is 24.4 Å². The predicted molar refractivity (Wildman–Crippen MR) is 113 cm³/mol. The Morgan fingerprint density at radius 1 is 0.893 bits per heavy atom. The molecule has 5 N–H and O–H groups in total. The maximum absolute atomic E-state index is 10.5. The number of benzene rings is 3. The van der Waals surface area contributed by atoms with Crippen molar-refractivity contribution in [1.82, 2.24) is 0 Å². The van der Waals surface area contributed by atoms with Gasteiger partial charge in [0.1, 0.15) is 11.5 Å². The molecule has 0 bridgehead atoms. The molecule has 0 saturated carbocycles. The number of hydrogen-bond acceptors (Lipinski definition) is 4. The first-order valence-electron chi connectivity index (χ1n) is 8.25. The molecule has 0 unspecified atom stereocenters. The van der Waals surface area contributed by atoms with Crippen molar-refractivity contribution in [3.63, 3.8) is 0 Å². The van der Waals surface area contributed by atoms with Crippen LogP contribution in [0.5, 0.6) is 11.5 Å². The van der Waals surface area contributed by atoms with Gasteiger partial charge in [0.25, 0.3) is 0 Å². The van der Waals surface area contributed by atoms with Crippen LogP contribution in [0.4, 0.5) is 0 Å². The van der Waals surface area contributed by atoms with Gasteiger partial charge >= 0.3 is 0 Å². The Morgan fingerprint density at radius 3 is 2.07 bits per heavy atom. The Labute approximate surface area is 167 Å². The van der Waals surface area contributed by atoms with Crippen molar-refractivity contribution < 1.29 is 15.0 Å². The molecule has 3 aromatic rings. The first-order valence-corrected chi connectivity index (χ1v) is 8.63. The lowest BCUT2D eigenvalue weighted by molar-refractivity contribution is 0.100. The van der Waals surface area contributed by atoms with E-state index in [0.29, 0.717) is 0 Å². The number of primary amides is 1. The number of phenolic OH excluding ortho intramolecular Hbond substituents is 2. The van der Waals surface area contributed by atoms with Gasteiger partial charge in [0.05, 0.1) is 5.02 Å². The molecule has 6 heteroatoms. The van der Waals surface area contributed by atoms with Crippen LogP contribution in [0.3, 0.4) is 0 Å². The number of amides is 1. The highest BCUT2D eigenvalue weighted by molar-refractivity contribution is 6.32. The van der Waals surface area contributed by atoms with Crippen LogP contribution in [0.15, 0.2) is 66.7 Å². The molecule has 0 aliphatic carbocycles. The fourth-order valence-corrected chi connectivity index (χ4v) is 2.41. The average molecular weight is 395 g/mol. The highest BCUT2D eigenvalue weighted by atomic mass is 35.5. The second-order valence-electron chi connectivity index (χ2n) is 5.77. The molecular formula is C22H19ClN2O3. The first kappa shape index (κ1) is 20.7. The number of hydrogen-bond donors (Lipinski definition) is 4. The lowest BCUT2D eigenvalue weighted by Gasteiger charge is -1.97. The topological polar surface area (TPSA) is 107 Å². The average Bonchev–Trinajstić information content (AvgIpc) is 2.69. The van der Waals surface area contributed by atoms with Gasteiger partial charge in [-0.15, -0.1) is 0 Å². The molecule has 142 valence electrons. The van der Waals surface area contributed by atoms with Gasteiger partial charge in [0.15, 0.2) is 0 Å². The van der Waals surface area contributed by atoms with Gasteiger partial charge in [0.2, 0.25) is 5.91 Å². The lowest BCUT2D eigenvalue weighted by atomic mass is 10.1. The number of carbonyl (C=O) groups is 1. The number of carbonyl (C=O) groups excluding carboxylic acids is 1. The molecule has 1 amide bonds. The molecule has 5 nitrogen and oxygen atoms in total. The third-order valence-electron chi connectivity index (χ3n) is 3.65. The summed E-state index contributed by atoms with van der Waals surface area (Å²) in [6, 6.07) is 18.9. The van der Waals surface area contributed by atoms with Gasteiger partial charge in [-0.05, 0) is 53.1 Å². The molecule has 0 atom stereocenters. The minimum Gasteiger partial charge on any atom is -0.508 e. The Balaban J connectivity index is 0.000000221. The monoisotopic (exact) mass is 394 g/mol. The maximum atomic E-state index is 10.5. The van der Waals surface area contributed by atoms with Crippen LogP contribution < -0.4 is 5.73 Å². The number of nitrogens with two attached hydrogens (primary N) is 1. The summed E-state index contributed by atoms with van der Waals surface area (Å²) in [5.74, 6) is -0.357. The Morgan fingerprint density at radius 2 is 1.50 bits per heavy atom. The first-order chi connectivity index (χ1) is 13.4. The summed E-state index contributed by atoms with van der Waals surface area (Å²) in [7, 11) is 0. The fraction of sp³-hybridized carbons (Fsp3) is 0. The molecule has 0 aliphatic heterocycles. The molecule has 0 spiro atoms. The molecule has 0 saturated heterocycles. The van der Waals surface area contributed by atoms with E-state index < -0.39 is 5.91 Å². The Hall–Kier alpha value is -3.57. The number of phenols is 2. The zero-order valence-electron chi connectivity index (χ0n) is 14.8. The van der Waals surface area contributed by atoms with E-state index in [-0.39, 0.29) is 22.1 Å². The number of nitrogens with one attached hydrogen (secondary N) is 1. The number of rotatable bonds is 4. The van der Waals surface area contributed by atoms with Crippen LogP contribution in [0, 0.1) is 5.41 Å². The fourth-order valence-electron chi connectivity index (χ4n) is 2.23. The smallest absolute Gasteiger partial charge is 0.248 e. The van der Waals surface area contributed by atoms with Crippen molar-refractivity contribution in [2.75, 3.05) is 0 Å². The van der Waals surface area contributed by atoms with E-state index >= 15 is 0 Å². The normalized spacial score (nSPS) is 10.2. The summed E-state index contributed by atoms with van der Waals surface area (Å²) < 4.78 is 0. The third-order valence-corrected chi connectivity index (χ3v) is 3.95. The van der Waals surface area contributed by atoms with E-state index in [0.717, 1.165) is 16.7 Å². The second-order valence-corrected chi connectivity index (χ2v) is 6.18. The van der Waals surface area contributed by atoms with E-state index in [9.17, 15) is 9.90 Å². The summed E-state index contributed by atoms with van der Waals surface area (Å²) >= 11 is 5.50. The van der Waals surface area contributed by atoms with Crippen molar-refractivity contribution >= 4 is 35.9 Å². The number of halogens is 1. The van der Waals surface area contributed by atoms with Crippen LogP contribution >= 0.6 is 11.6 Å². The molecule has 3 aromatic carbocycles. The molecule has 0 aromatic heterocycles. The van der Waals surface area contributed by atoms with Crippen molar-refractivity contribution in [2.24, 2.45) is 5.73 Å². The van der Waals surface area contributed by atoms with E-state index in [4.69, 9.17) is 27.9 Å². The second kappa shape index (κ2) is 9.94. The number of aromatic hydroxyl groups is 2. The maximum Gasteiger partial charge on any atom is 0.248 e. The van der Waals surface area contributed by atoms with E-state index in [1.54, 1.807) is 12.1 Å². The zero-order valence-corrected chi connectivity index (χ0v) is 15.6. The third kappa shape index (κ3) is 6.30. The van der Waals surface area contributed by atoms with Gasteiger partial charge in [-0.2, -0.15) is 0 Å². The standard InChI is InChI=1S/C15H13NO.C7H6ClNO2/c16-11-14-5-1-3-12(9-14)7-8-13-4-2-6-15(17)10-13;8-5-3-4(7(9)11)1-2-6(5)10/h1-11,16-17H;1-3,10H,(H2,9,11)/b8-7+,16-11?;. The van der Waals surface area contributed by atoms with Gasteiger partial charge < -0.3 is 21.4 Å². The summed E-state index contributed by atoms with van der Waals surface area (Å²) in [4.78, 5) is 10.5. The Kier molecular flexibility index (Phi) is 7.37. The molecule has 0 aliphatic rings. The quantitative estimate of drug-likeness (QED) is 0.380. The molecule has 0 fully saturated rings. The highest BCUT2D eigenvalue weighted by Gasteiger charge is 2.03. The molecule has 3 rings (SSSR count). The Bertz CT molecular complexity index is 1020. The van der Waals surface area contributed by atoms with Gasteiger partial charge in [0, 0.05) is 11.8 Å². The highest BCUT2D eigenvalue weighted by Crippen LogP contribution is 2.23. The van der Waals surface area contributed by atoms with Gasteiger partial charge in [-0.25, -0.2) is 0 Å². The summed E-state index contributed by atoms with van der Waals surface area (Å²) in [5.41, 5.74) is 8.10. The van der Waals surface area contributed by atoms with Gasteiger partial charge in [-0.3, -0.25) is 4.79 Å². The summed E-state index contributed by atoms with van der Waals surface area (Å²) in [6.45, 7) is 0. The van der Waals surface area contributed by atoms with Crippen LogP contribution in [0.25, 0.3) is 12.2 Å². The van der Waals surface area contributed by atoms with Crippen LogP contribution in [0.1, 0.15) is 27.0 Å².